The molecular weight excluding hydrogens is 426 g/mol. The summed E-state index contributed by atoms with van der Waals surface area (Å²) in [6, 6.07) is 4.34. The SMILES string of the molecule is O=c1[nH]c(-c2cc(F)ccc2Br)nc(C2CC2)c1I. The third kappa shape index (κ3) is 2.60. The van der Waals surface area contributed by atoms with Crippen molar-refractivity contribution in [3.63, 3.8) is 0 Å². The van der Waals surface area contributed by atoms with Crippen LogP contribution in [0.1, 0.15) is 24.5 Å². The van der Waals surface area contributed by atoms with Crippen LogP contribution >= 0.6 is 38.5 Å². The highest BCUT2D eigenvalue weighted by molar-refractivity contribution is 14.1. The molecule has 19 heavy (non-hydrogen) atoms. The van der Waals surface area contributed by atoms with Crippen LogP contribution in [0.25, 0.3) is 11.4 Å². The van der Waals surface area contributed by atoms with Gasteiger partial charge in [-0.3, -0.25) is 4.79 Å². The second-order valence-electron chi connectivity index (χ2n) is 4.51. The van der Waals surface area contributed by atoms with E-state index in [9.17, 15) is 9.18 Å². The quantitative estimate of drug-likeness (QED) is 0.730. The number of rotatable bonds is 2. The van der Waals surface area contributed by atoms with Crippen LogP contribution in [0.5, 0.6) is 0 Å². The summed E-state index contributed by atoms with van der Waals surface area (Å²) in [4.78, 5) is 19.2. The molecule has 1 aromatic carbocycles. The van der Waals surface area contributed by atoms with Crippen molar-refractivity contribution in [1.82, 2.24) is 9.97 Å². The average molecular weight is 435 g/mol. The maximum Gasteiger partial charge on any atom is 0.264 e. The van der Waals surface area contributed by atoms with Gasteiger partial charge in [-0.2, -0.15) is 0 Å². The Morgan fingerprint density at radius 2 is 2.16 bits per heavy atom. The normalized spacial score (nSPS) is 14.7. The van der Waals surface area contributed by atoms with Crippen molar-refractivity contribution in [3.8, 4) is 11.4 Å². The van der Waals surface area contributed by atoms with Crippen LogP contribution in [-0.4, -0.2) is 9.97 Å². The first kappa shape index (κ1) is 13.2. The molecule has 2 aromatic rings. The van der Waals surface area contributed by atoms with Crippen LogP contribution in [0.3, 0.4) is 0 Å². The molecule has 0 aliphatic heterocycles. The van der Waals surface area contributed by atoms with E-state index in [4.69, 9.17) is 0 Å². The molecule has 3 rings (SSSR count). The number of hydrogen-bond acceptors (Lipinski definition) is 2. The lowest BCUT2D eigenvalue weighted by atomic mass is 10.2. The lowest BCUT2D eigenvalue weighted by molar-refractivity contribution is 0.628. The van der Waals surface area contributed by atoms with Gasteiger partial charge in [-0.1, -0.05) is 15.9 Å². The summed E-state index contributed by atoms with van der Waals surface area (Å²) in [5.74, 6) is 0.436. The van der Waals surface area contributed by atoms with Gasteiger partial charge in [0.15, 0.2) is 0 Å². The molecule has 0 amide bonds. The van der Waals surface area contributed by atoms with Crippen molar-refractivity contribution >= 4 is 38.5 Å². The van der Waals surface area contributed by atoms with E-state index in [2.05, 4.69) is 25.9 Å². The molecular formula is C13H9BrFIN2O. The van der Waals surface area contributed by atoms with Crippen LogP contribution in [-0.2, 0) is 0 Å². The summed E-state index contributed by atoms with van der Waals surface area (Å²) in [5.41, 5.74) is 1.23. The molecule has 0 atom stereocenters. The number of aromatic amines is 1. The topological polar surface area (TPSA) is 45.8 Å². The Bertz CT molecular complexity index is 712. The number of aromatic nitrogens is 2. The first-order valence-corrected chi connectivity index (χ1v) is 7.68. The van der Waals surface area contributed by atoms with Gasteiger partial charge < -0.3 is 4.98 Å². The van der Waals surface area contributed by atoms with E-state index in [1.807, 2.05) is 22.6 Å². The van der Waals surface area contributed by atoms with Crippen molar-refractivity contribution in [2.24, 2.45) is 0 Å². The van der Waals surface area contributed by atoms with Crippen LogP contribution in [0.15, 0.2) is 27.5 Å². The average Bonchev–Trinajstić information content (AvgIpc) is 3.20. The van der Waals surface area contributed by atoms with Crippen molar-refractivity contribution < 1.29 is 4.39 Å². The van der Waals surface area contributed by atoms with Crippen molar-refractivity contribution in [3.05, 3.63) is 48.1 Å². The van der Waals surface area contributed by atoms with Crippen molar-refractivity contribution in [2.75, 3.05) is 0 Å². The molecule has 98 valence electrons. The van der Waals surface area contributed by atoms with E-state index in [0.717, 1.165) is 18.5 Å². The molecule has 0 unspecified atom stereocenters. The predicted octanol–water partition coefficient (Wildman–Crippen LogP) is 3.82. The molecule has 1 saturated carbocycles. The number of hydrogen-bond donors (Lipinski definition) is 1. The molecule has 1 aromatic heterocycles. The highest BCUT2D eigenvalue weighted by atomic mass is 127. The number of nitrogens with zero attached hydrogens (tertiary/aromatic N) is 1. The molecule has 6 heteroatoms. The predicted molar refractivity (Wildman–Crippen MR) is 82.6 cm³/mol. The van der Waals surface area contributed by atoms with Gasteiger partial charge in [0, 0.05) is 16.0 Å². The fourth-order valence-electron chi connectivity index (χ4n) is 1.91. The third-order valence-electron chi connectivity index (χ3n) is 3.04. The minimum Gasteiger partial charge on any atom is -0.306 e. The fraction of sp³-hybridized carbons (Fsp3) is 0.231. The van der Waals surface area contributed by atoms with Crippen molar-refractivity contribution in [2.45, 2.75) is 18.8 Å². The van der Waals surface area contributed by atoms with Gasteiger partial charge in [0.05, 0.1) is 9.26 Å². The second-order valence-corrected chi connectivity index (χ2v) is 6.45. The van der Waals surface area contributed by atoms with Gasteiger partial charge in [0.25, 0.3) is 5.56 Å². The molecule has 1 aliphatic carbocycles. The Hall–Kier alpha value is -0.760. The first-order chi connectivity index (χ1) is 9.06. The Morgan fingerprint density at radius 3 is 2.84 bits per heavy atom. The van der Waals surface area contributed by atoms with Gasteiger partial charge in [0.2, 0.25) is 0 Å². The number of halogens is 3. The number of benzene rings is 1. The minimum atomic E-state index is -0.354. The number of nitrogens with one attached hydrogen (secondary N) is 1. The Balaban J connectivity index is 2.20. The highest BCUT2D eigenvalue weighted by Crippen LogP contribution is 2.40. The van der Waals surface area contributed by atoms with E-state index < -0.39 is 0 Å². The zero-order chi connectivity index (χ0) is 13.6. The smallest absolute Gasteiger partial charge is 0.264 e. The Morgan fingerprint density at radius 1 is 1.42 bits per heavy atom. The number of H-pyrrole nitrogens is 1. The molecule has 1 N–H and O–H groups in total. The molecule has 1 fully saturated rings. The molecule has 0 spiro atoms. The van der Waals surface area contributed by atoms with Crippen LogP contribution in [0, 0.1) is 9.39 Å². The minimum absolute atomic E-state index is 0.163. The largest absolute Gasteiger partial charge is 0.306 e. The van der Waals surface area contributed by atoms with Gasteiger partial charge in [-0.25, -0.2) is 9.37 Å². The molecule has 3 nitrogen and oxygen atoms in total. The zero-order valence-corrected chi connectivity index (χ0v) is 13.5. The van der Waals surface area contributed by atoms with E-state index in [0.29, 0.717) is 25.3 Å². The summed E-state index contributed by atoms with van der Waals surface area (Å²) in [6.45, 7) is 0. The fourth-order valence-corrected chi connectivity index (χ4v) is 3.04. The second kappa shape index (κ2) is 4.97. The maximum absolute atomic E-state index is 13.3. The first-order valence-electron chi connectivity index (χ1n) is 5.81. The standard InChI is InChI=1S/C13H9BrFIN2O/c14-9-4-3-7(15)5-8(9)12-17-11(6-1-2-6)10(16)13(19)18-12/h3-6H,1-2H2,(H,17,18,19). The van der Waals surface area contributed by atoms with Gasteiger partial charge in [0.1, 0.15) is 11.6 Å². The Kier molecular flexibility index (Phi) is 3.46. The summed E-state index contributed by atoms with van der Waals surface area (Å²) in [6.07, 6.45) is 2.13. The van der Waals surface area contributed by atoms with Crippen LogP contribution in [0.4, 0.5) is 4.39 Å². The van der Waals surface area contributed by atoms with Gasteiger partial charge in [-0.05, 0) is 53.6 Å². The van der Waals surface area contributed by atoms with Crippen molar-refractivity contribution in [1.29, 1.82) is 0 Å². The molecule has 0 saturated heterocycles. The van der Waals surface area contributed by atoms with Gasteiger partial charge in [-0.15, -0.1) is 0 Å². The molecule has 1 aliphatic rings. The molecule has 1 heterocycles. The van der Waals surface area contributed by atoms with Gasteiger partial charge >= 0.3 is 0 Å². The molecule has 0 bridgehead atoms. The van der Waals surface area contributed by atoms with Crippen LogP contribution in [0.2, 0.25) is 0 Å². The summed E-state index contributed by atoms with van der Waals surface area (Å²) in [5, 5.41) is 0. The highest BCUT2D eigenvalue weighted by Gasteiger charge is 2.29. The summed E-state index contributed by atoms with van der Waals surface area (Å²) in [7, 11) is 0. The van der Waals surface area contributed by atoms with E-state index in [1.165, 1.54) is 12.1 Å². The lowest BCUT2D eigenvalue weighted by Gasteiger charge is -2.07. The summed E-state index contributed by atoms with van der Waals surface area (Å²) >= 11 is 5.38. The van der Waals surface area contributed by atoms with E-state index in [-0.39, 0.29) is 11.4 Å². The van der Waals surface area contributed by atoms with E-state index >= 15 is 0 Å². The monoisotopic (exact) mass is 434 g/mol. The van der Waals surface area contributed by atoms with E-state index in [1.54, 1.807) is 6.07 Å². The Labute approximate surface area is 130 Å². The maximum atomic E-state index is 13.3. The molecule has 0 radical (unpaired) electrons. The lowest BCUT2D eigenvalue weighted by Crippen LogP contribution is -2.16. The third-order valence-corrected chi connectivity index (χ3v) is 4.77. The zero-order valence-electron chi connectivity index (χ0n) is 9.71. The van der Waals surface area contributed by atoms with Crippen LogP contribution < -0.4 is 5.56 Å². The summed E-state index contributed by atoms with van der Waals surface area (Å²) < 4.78 is 14.7.